The molecule has 0 aliphatic heterocycles. The van der Waals surface area contributed by atoms with E-state index < -0.39 is 12.2 Å². The van der Waals surface area contributed by atoms with Crippen LogP contribution in [0.1, 0.15) is 106 Å². The van der Waals surface area contributed by atoms with Crippen LogP contribution >= 0.6 is 0 Å². The molecule has 1 amide bonds. The highest BCUT2D eigenvalue weighted by atomic mass is 16.5. The normalized spacial score (nSPS) is 42.8. The first-order valence-corrected chi connectivity index (χ1v) is 16.1. The number of carbonyl (C=O) groups is 2. The first kappa shape index (κ1) is 32.2. The number of esters is 1. The predicted octanol–water partition coefficient (Wildman–Crippen LogP) is 5.05. The van der Waals surface area contributed by atoms with Crippen LogP contribution in [0.3, 0.4) is 0 Å². The van der Waals surface area contributed by atoms with Crippen molar-refractivity contribution in [3.05, 3.63) is 22.8 Å². The molecule has 0 aromatic heterocycles. The van der Waals surface area contributed by atoms with Gasteiger partial charge in [0.1, 0.15) is 6.10 Å². The van der Waals surface area contributed by atoms with Crippen molar-refractivity contribution in [1.29, 1.82) is 0 Å². The average Bonchev–Trinajstić information content (AvgIpc) is 3.15. The second-order valence-corrected chi connectivity index (χ2v) is 14.7. The van der Waals surface area contributed by atoms with Gasteiger partial charge in [0.25, 0.3) is 0 Å². The smallest absolute Gasteiger partial charge is 0.303 e. The number of amides is 1. The molecule has 0 bridgehead atoms. The zero-order valence-electron chi connectivity index (χ0n) is 26.6. The number of nitrogens with two attached hydrogens (primary N) is 1. The number of hydrogen-bond acceptors (Lipinski definition) is 6. The fourth-order valence-electron chi connectivity index (χ4n) is 10.2. The van der Waals surface area contributed by atoms with Gasteiger partial charge in [-0.2, -0.15) is 0 Å². The van der Waals surface area contributed by atoms with Crippen LogP contribution in [0.4, 0.5) is 0 Å². The first-order valence-electron chi connectivity index (χ1n) is 16.1. The maximum Gasteiger partial charge on any atom is 0.303 e. The molecule has 41 heavy (non-hydrogen) atoms. The molecule has 3 unspecified atom stereocenters. The number of aliphatic hydroxyl groups excluding tert-OH is 2. The van der Waals surface area contributed by atoms with E-state index in [9.17, 15) is 19.8 Å². The van der Waals surface area contributed by atoms with E-state index in [1.54, 1.807) is 0 Å². The zero-order chi connectivity index (χ0) is 30.3. The second-order valence-electron chi connectivity index (χ2n) is 14.7. The summed E-state index contributed by atoms with van der Waals surface area (Å²) in [5.74, 6) is 0.154. The summed E-state index contributed by atoms with van der Waals surface area (Å²) in [5.41, 5.74) is 8.01. The van der Waals surface area contributed by atoms with Crippen molar-refractivity contribution in [2.75, 3.05) is 13.1 Å². The summed E-state index contributed by atoms with van der Waals surface area (Å²) in [6, 6.07) is 0. The molecule has 7 heteroatoms. The first-order chi connectivity index (χ1) is 19.2. The van der Waals surface area contributed by atoms with Gasteiger partial charge in [-0.1, -0.05) is 39.3 Å². The minimum Gasteiger partial charge on any atom is -0.458 e. The molecule has 7 nitrogen and oxygen atoms in total. The van der Waals surface area contributed by atoms with Crippen LogP contribution in [0.2, 0.25) is 0 Å². The summed E-state index contributed by atoms with van der Waals surface area (Å²) >= 11 is 0. The van der Waals surface area contributed by atoms with Gasteiger partial charge in [-0.15, -0.1) is 0 Å². The van der Waals surface area contributed by atoms with Crippen LogP contribution < -0.4 is 11.1 Å². The Balaban J connectivity index is 1.82. The Labute approximate surface area is 247 Å². The Bertz CT molecular complexity index is 1070. The van der Waals surface area contributed by atoms with Crippen molar-refractivity contribution in [3.63, 3.8) is 0 Å². The van der Waals surface area contributed by atoms with Crippen LogP contribution in [-0.4, -0.2) is 53.5 Å². The maximum atomic E-state index is 13.8. The average molecular weight is 573 g/mol. The number of fused-ring (bicyclic) bond motifs is 5. The third-order valence-electron chi connectivity index (χ3n) is 12.3. The largest absolute Gasteiger partial charge is 0.458 e. The summed E-state index contributed by atoms with van der Waals surface area (Å²) < 4.78 is 6.06. The van der Waals surface area contributed by atoms with Crippen LogP contribution in [0, 0.1) is 39.9 Å². The topological polar surface area (TPSA) is 122 Å². The SMILES string of the molecule is CC(=O)O[C@H]1C[C@@]2(C)C(C[C@@H](O)C3[C@@]4(C)CC[C@@H](O)[C@@H](C)C4CC[C@@]32C)/C1=C(\CCC=C(C)C)C(=O)NCCCN. The third-order valence-corrected chi connectivity index (χ3v) is 12.3. The summed E-state index contributed by atoms with van der Waals surface area (Å²) in [5, 5.41) is 25.9. The highest BCUT2D eigenvalue weighted by Gasteiger charge is 2.70. The molecule has 232 valence electrons. The van der Waals surface area contributed by atoms with Crippen LogP contribution in [0.25, 0.3) is 0 Å². The van der Waals surface area contributed by atoms with Gasteiger partial charge in [0.15, 0.2) is 0 Å². The molecule has 0 spiro atoms. The zero-order valence-corrected chi connectivity index (χ0v) is 26.6. The molecule has 0 heterocycles. The molecule has 0 saturated heterocycles. The Kier molecular flexibility index (Phi) is 9.53. The highest BCUT2D eigenvalue weighted by molar-refractivity contribution is 5.94. The van der Waals surface area contributed by atoms with Crippen molar-refractivity contribution in [1.82, 2.24) is 5.32 Å². The monoisotopic (exact) mass is 572 g/mol. The van der Waals surface area contributed by atoms with Gasteiger partial charge in [0.05, 0.1) is 12.2 Å². The molecule has 0 radical (unpaired) electrons. The van der Waals surface area contributed by atoms with E-state index in [4.69, 9.17) is 10.5 Å². The van der Waals surface area contributed by atoms with E-state index in [0.717, 1.165) is 37.7 Å². The molecule has 4 saturated carbocycles. The predicted molar refractivity (Wildman–Crippen MR) is 162 cm³/mol. The van der Waals surface area contributed by atoms with Gasteiger partial charge in [0, 0.05) is 19.0 Å². The minimum atomic E-state index is -0.529. The second kappa shape index (κ2) is 12.1. The number of nitrogens with one attached hydrogen (secondary N) is 1. The molecule has 5 N–H and O–H groups in total. The van der Waals surface area contributed by atoms with Crippen molar-refractivity contribution in [3.8, 4) is 0 Å². The fourth-order valence-corrected chi connectivity index (χ4v) is 10.2. The number of allylic oxidation sites excluding steroid dienone is 2. The van der Waals surface area contributed by atoms with E-state index in [-0.39, 0.29) is 52.0 Å². The summed E-state index contributed by atoms with van der Waals surface area (Å²) in [4.78, 5) is 26.2. The lowest BCUT2D eigenvalue weighted by atomic mass is 9.36. The van der Waals surface area contributed by atoms with Crippen LogP contribution in [0.5, 0.6) is 0 Å². The van der Waals surface area contributed by atoms with Gasteiger partial charge in [-0.3, -0.25) is 9.59 Å². The van der Waals surface area contributed by atoms with E-state index >= 15 is 0 Å². The molecule has 4 rings (SSSR count). The molecule has 4 fully saturated rings. The molecular weight excluding hydrogens is 516 g/mol. The lowest BCUT2D eigenvalue weighted by Crippen LogP contribution is -2.65. The summed E-state index contributed by atoms with van der Waals surface area (Å²) in [6.07, 6.45) is 7.71. The van der Waals surface area contributed by atoms with Crippen LogP contribution in [0.15, 0.2) is 22.8 Å². The molecule has 10 atom stereocenters. The number of hydrogen-bond donors (Lipinski definition) is 4. The highest BCUT2D eigenvalue weighted by Crippen LogP contribution is 2.74. The van der Waals surface area contributed by atoms with E-state index in [0.29, 0.717) is 50.3 Å². The summed E-state index contributed by atoms with van der Waals surface area (Å²) in [7, 11) is 0. The Morgan fingerprint density at radius 1 is 1.07 bits per heavy atom. The quantitative estimate of drug-likeness (QED) is 0.140. The van der Waals surface area contributed by atoms with Crippen molar-refractivity contribution in [2.45, 2.75) is 125 Å². The lowest BCUT2D eigenvalue weighted by Gasteiger charge is -2.69. The number of ether oxygens (including phenoxy) is 1. The lowest BCUT2D eigenvalue weighted by molar-refractivity contribution is -0.234. The van der Waals surface area contributed by atoms with E-state index in [1.807, 2.05) is 0 Å². The van der Waals surface area contributed by atoms with Crippen molar-refractivity contribution < 1.29 is 24.5 Å². The van der Waals surface area contributed by atoms with Gasteiger partial charge < -0.3 is 26.0 Å². The molecule has 0 aromatic rings. The van der Waals surface area contributed by atoms with Gasteiger partial charge in [0.2, 0.25) is 5.91 Å². The van der Waals surface area contributed by atoms with Crippen molar-refractivity contribution >= 4 is 11.9 Å². The van der Waals surface area contributed by atoms with E-state index in [1.165, 1.54) is 12.5 Å². The van der Waals surface area contributed by atoms with Gasteiger partial charge >= 0.3 is 5.97 Å². The molecule has 0 aromatic carbocycles. The van der Waals surface area contributed by atoms with Crippen molar-refractivity contribution in [2.24, 2.45) is 45.7 Å². The number of rotatable bonds is 8. The number of aliphatic hydroxyl groups is 2. The molecular formula is C34H56N2O5. The number of carbonyl (C=O) groups excluding carboxylic acids is 2. The minimum absolute atomic E-state index is 0.0585. The fraction of sp³-hybridized carbons (Fsp3) is 0.824. The Morgan fingerprint density at radius 3 is 2.41 bits per heavy atom. The maximum absolute atomic E-state index is 13.8. The standard InChI is InChI=1S/C34H56N2O5/c1-20(2)10-8-11-23(31(40)36-17-9-16-35)29-25-18-27(39)30-32(5)14-13-26(38)21(3)24(32)12-15-33(30,6)34(25,7)19-28(29)41-22(4)37/h10,21,24-28,30,38-39H,8-9,11-19,35H2,1-7H3,(H,36,40)/b29-23-/t21-,24?,25?,26+,27+,28-,30?,32-,33-,34-/m0/s1. The molecule has 4 aliphatic rings. The Morgan fingerprint density at radius 2 is 1.78 bits per heavy atom. The summed E-state index contributed by atoms with van der Waals surface area (Å²) in [6.45, 7) is 15.8. The third kappa shape index (κ3) is 5.56. The Hall–Kier alpha value is -1.70. The van der Waals surface area contributed by atoms with Gasteiger partial charge in [-0.05, 0) is 124 Å². The van der Waals surface area contributed by atoms with E-state index in [2.05, 4.69) is 52.9 Å². The van der Waals surface area contributed by atoms with Gasteiger partial charge in [-0.25, -0.2) is 0 Å². The molecule has 4 aliphatic carbocycles. The van der Waals surface area contributed by atoms with Crippen LogP contribution in [-0.2, 0) is 14.3 Å².